The Morgan fingerprint density at radius 3 is 2.00 bits per heavy atom. The molecule has 5 heteroatoms. The summed E-state index contributed by atoms with van der Waals surface area (Å²) in [6, 6.07) is 3.09. The number of hydrogen-bond donors (Lipinski definition) is 2. The first-order valence-electron chi connectivity index (χ1n) is 12.3. The van der Waals surface area contributed by atoms with Gasteiger partial charge in [0.15, 0.2) is 0 Å². The summed E-state index contributed by atoms with van der Waals surface area (Å²) in [5, 5.41) is 12.5. The molecule has 0 aliphatic carbocycles. The maximum atomic E-state index is 11.6. The van der Waals surface area contributed by atoms with Crippen molar-refractivity contribution in [3.05, 3.63) is 70.5 Å². The number of allylic oxidation sites excluding steroid dienone is 7. The Morgan fingerprint density at radius 1 is 0.941 bits per heavy atom. The monoisotopic (exact) mass is 484 g/mol. The van der Waals surface area contributed by atoms with E-state index in [1.807, 2.05) is 19.1 Å². The van der Waals surface area contributed by atoms with E-state index in [4.69, 9.17) is 0 Å². The third-order valence-corrected chi connectivity index (χ3v) is 6.49. The van der Waals surface area contributed by atoms with Crippen molar-refractivity contribution in [2.45, 2.75) is 86.1 Å². The van der Waals surface area contributed by atoms with Crippen LogP contribution in [0.1, 0.15) is 78.7 Å². The standard InChI is InChI=1S/C29H44N2O2S/c1-22(2)10-7-11-23(3)12-8-13-24(4)14-9-15-25(5)18-19-34-21-27(29(32)33)31-28-17-16-26(6)20-30-28/h10,12,14,16-18,20,27H,7-9,11,13,15,19,21H2,1-6H3,(H,30,31)(H,32,33). The van der Waals surface area contributed by atoms with Gasteiger partial charge in [-0.2, -0.15) is 11.8 Å². The second-order valence-electron chi connectivity index (χ2n) is 9.34. The zero-order chi connectivity index (χ0) is 25.3. The lowest BCUT2D eigenvalue weighted by molar-refractivity contribution is -0.137. The molecular weight excluding hydrogens is 440 g/mol. The fraction of sp³-hybridized carbons (Fsp3) is 0.517. The number of nitrogens with one attached hydrogen (secondary N) is 1. The Labute approximate surface area is 211 Å². The highest BCUT2D eigenvalue weighted by atomic mass is 32.2. The van der Waals surface area contributed by atoms with Crippen molar-refractivity contribution < 1.29 is 9.90 Å². The van der Waals surface area contributed by atoms with E-state index in [9.17, 15) is 9.90 Å². The van der Waals surface area contributed by atoms with Crippen molar-refractivity contribution in [2.24, 2.45) is 0 Å². The molecule has 1 aromatic heterocycles. The number of rotatable bonds is 16. The van der Waals surface area contributed by atoms with Crippen LogP contribution in [-0.4, -0.2) is 33.6 Å². The minimum absolute atomic E-state index is 0.495. The van der Waals surface area contributed by atoms with Crippen molar-refractivity contribution >= 4 is 23.5 Å². The largest absolute Gasteiger partial charge is 0.480 e. The number of carboxylic acids is 1. The van der Waals surface area contributed by atoms with Gasteiger partial charge < -0.3 is 10.4 Å². The first-order valence-corrected chi connectivity index (χ1v) is 13.4. The van der Waals surface area contributed by atoms with Crippen LogP contribution in [0.25, 0.3) is 0 Å². The molecule has 0 aliphatic heterocycles. The topological polar surface area (TPSA) is 62.2 Å². The minimum Gasteiger partial charge on any atom is -0.480 e. The summed E-state index contributed by atoms with van der Waals surface area (Å²) >= 11 is 1.63. The number of thioether (sulfide) groups is 1. The molecule has 0 saturated carbocycles. The molecule has 1 aromatic rings. The van der Waals surface area contributed by atoms with Crippen LogP contribution in [0.4, 0.5) is 5.82 Å². The summed E-state index contributed by atoms with van der Waals surface area (Å²) in [6.45, 7) is 12.9. The Bertz CT molecular complexity index is 863. The van der Waals surface area contributed by atoms with Gasteiger partial charge in [0.25, 0.3) is 0 Å². The molecule has 4 nitrogen and oxygen atoms in total. The van der Waals surface area contributed by atoms with E-state index in [2.05, 4.69) is 69.2 Å². The molecule has 1 unspecified atom stereocenters. The summed E-state index contributed by atoms with van der Waals surface area (Å²) in [5.74, 6) is 1.06. The summed E-state index contributed by atoms with van der Waals surface area (Å²) in [6.07, 6.45) is 17.6. The molecule has 0 aliphatic rings. The van der Waals surface area contributed by atoms with Gasteiger partial charge in [0.05, 0.1) is 0 Å². The third kappa shape index (κ3) is 14.8. The number of anilines is 1. The van der Waals surface area contributed by atoms with E-state index in [1.165, 1.54) is 22.3 Å². The van der Waals surface area contributed by atoms with E-state index in [1.54, 1.807) is 18.0 Å². The molecule has 2 N–H and O–H groups in total. The zero-order valence-electron chi connectivity index (χ0n) is 22.0. The van der Waals surface area contributed by atoms with Crippen molar-refractivity contribution in [1.29, 1.82) is 0 Å². The van der Waals surface area contributed by atoms with Gasteiger partial charge >= 0.3 is 5.97 Å². The van der Waals surface area contributed by atoms with Crippen LogP contribution in [0.2, 0.25) is 0 Å². The number of carboxylic acid groups (broad SMARTS) is 1. The first kappa shape index (κ1) is 29.8. The molecule has 0 saturated heterocycles. The highest BCUT2D eigenvalue weighted by Gasteiger charge is 2.17. The molecule has 0 aromatic carbocycles. The highest BCUT2D eigenvalue weighted by molar-refractivity contribution is 7.99. The molecule has 0 bridgehead atoms. The zero-order valence-corrected chi connectivity index (χ0v) is 22.8. The third-order valence-electron chi connectivity index (χ3n) is 5.52. The molecule has 0 fully saturated rings. The summed E-state index contributed by atoms with van der Waals surface area (Å²) in [5.41, 5.74) is 6.74. The SMILES string of the molecule is CC(C)=CCCC(C)=CCCC(C)=CCCC(C)=CCSCC(Nc1ccc(C)cn1)C(=O)O. The van der Waals surface area contributed by atoms with Gasteiger partial charge in [-0.25, -0.2) is 9.78 Å². The highest BCUT2D eigenvalue weighted by Crippen LogP contribution is 2.15. The smallest absolute Gasteiger partial charge is 0.327 e. The summed E-state index contributed by atoms with van der Waals surface area (Å²) < 4.78 is 0. The number of aliphatic carboxylic acids is 1. The van der Waals surface area contributed by atoms with Crippen LogP contribution < -0.4 is 5.32 Å². The predicted molar refractivity (Wildman–Crippen MR) is 150 cm³/mol. The van der Waals surface area contributed by atoms with Crippen molar-refractivity contribution in [2.75, 3.05) is 16.8 Å². The fourth-order valence-electron chi connectivity index (χ4n) is 3.28. The van der Waals surface area contributed by atoms with Gasteiger partial charge in [0.2, 0.25) is 0 Å². The average Bonchev–Trinajstić information content (AvgIpc) is 2.76. The lowest BCUT2D eigenvalue weighted by Gasteiger charge is -2.14. The predicted octanol–water partition coefficient (Wildman–Crippen LogP) is 8.13. The second kappa shape index (κ2) is 17.2. The van der Waals surface area contributed by atoms with Crippen molar-refractivity contribution in [3.63, 3.8) is 0 Å². The number of nitrogens with zero attached hydrogens (tertiary/aromatic N) is 1. The average molecular weight is 485 g/mol. The molecule has 1 heterocycles. The number of pyridine rings is 1. The van der Waals surface area contributed by atoms with E-state index in [0.717, 1.165) is 49.8 Å². The van der Waals surface area contributed by atoms with Crippen LogP contribution in [0, 0.1) is 6.92 Å². The fourth-order valence-corrected chi connectivity index (χ4v) is 4.28. The molecule has 0 amide bonds. The first-order chi connectivity index (χ1) is 16.2. The van der Waals surface area contributed by atoms with Gasteiger partial charge in [-0.05, 0) is 91.7 Å². The van der Waals surface area contributed by atoms with Crippen LogP contribution in [0.15, 0.2) is 64.9 Å². The number of aryl methyl sites for hydroxylation is 1. The van der Waals surface area contributed by atoms with Gasteiger partial charge in [-0.15, -0.1) is 0 Å². The molecule has 0 spiro atoms. The molecule has 188 valence electrons. The van der Waals surface area contributed by atoms with Crippen LogP contribution >= 0.6 is 11.8 Å². The van der Waals surface area contributed by atoms with Crippen molar-refractivity contribution in [3.8, 4) is 0 Å². The Hall–Kier alpha value is -2.27. The molecule has 1 rings (SSSR count). The number of aromatic nitrogens is 1. The second-order valence-corrected chi connectivity index (χ2v) is 10.4. The summed E-state index contributed by atoms with van der Waals surface area (Å²) in [4.78, 5) is 15.8. The molecule has 34 heavy (non-hydrogen) atoms. The van der Waals surface area contributed by atoms with Gasteiger partial charge in [-0.1, -0.05) is 52.7 Å². The molecule has 1 atom stereocenters. The lowest BCUT2D eigenvalue weighted by atomic mass is 10.0. The lowest BCUT2D eigenvalue weighted by Crippen LogP contribution is -2.32. The normalized spacial score (nSPS) is 13.5. The van der Waals surface area contributed by atoms with E-state index >= 15 is 0 Å². The van der Waals surface area contributed by atoms with Crippen LogP contribution in [0.5, 0.6) is 0 Å². The quantitative estimate of drug-likeness (QED) is 0.183. The Morgan fingerprint density at radius 2 is 1.50 bits per heavy atom. The molecule has 0 radical (unpaired) electrons. The van der Waals surface area contributed by atoms with Gasteiger partial charge in [-0.3, -0.25) is 0 Å². The minimum atomic E-state index is -0.853. The molecular formula is C29H44N2O2S. The van der Waals surface area contributed by atoms with Crippen LogP contribution in [0.3, 0.4) is 0 Å². The van der Waals surface area contributed by atoms with E-state index in [-0.39, 0.29) is 0 Å². The Kier molecular flexibility index (Phi) is 15.1. The number of carbonyl (C=O) groups is 1. The van der Waals surface area contributed by atoms with Crippen molar-refractivity contribution in [1.82, 2.24) is 4.98 Å². The van der Waals surface area contributed by atoms with E-state index in [0.29, 0.717) is 11.6 Å². The number of hydrogen-bond acceptors (Lipinski definition) is 4. The maximum Gasteiger partial charge on any atom is 0.327 e. The van der Waals surface area contributed by atoms with Gasteiger partial charge in [0, 0.05) is 17.7 Å². The van der Waals surface area contributed by atoms with Gasteiger partial charge in [0.1, 0.15) is 11.9 Å². The van der Waals surface area contributed by atoms with Crippen LogP contribution in [-0.2, 0) is 4.79 Å². The summed E-state index contributed by atoms with van der Waals surface area (Å²) in [7, 11) is 0. The Balaban J connectivity index is 2.30. The van der Waals surface area contributed by atoms with E-state index < -0.39 is 12.0 Å². The maximum absolute atomic E-state index is 11.6.